The Morgan fingerprint density at radius 3 is 2.38 bits per heavy atom. The number of nitrogens with one attached hydrogen (secondary N) is 1. The predicted molar refractivity (Wildman–Crippen MR) is 64.1 cm³/mol. The van der Waals surface area contributed by atoms with Gasteiger partial charge in [-0.15, -0.1) is 0 Å². The van der Waals surface area contributed by atoms with Gasteiger partial charge in [0.05, 0.1) is 4.90 Å². The van der Waals surface area contributed by atoms with Crippen molar-refractivity contribution in [3.63, 3.8) is 0 Å². The Morgan fingerprint density at radius 2 is 1.88 bits per heavy atom. The molecule has 1 aromatic carbocycles. The van der Waals surface area contributed by atoms with Gasteiger partial charge in [0.15, 0.2) is 9.84 Å². The first-order valence-corrected chi connectivity index (χ1v) is 7.50. The van der Waals surface area contributed by atoms with Gasteiger partial charge in [0.1, 0.15) is 0 Å². The average molecular weight is 239 g/mol. The molecule has 1 fully saturated rings. The lowest BCUT2D eigenvalue weighted by Crippen LogP contribution is -2.26. The molecule has 0 spiro atoms. The minimum atomic E-state index is -3.07. The summed E-state index contributed by atoms with van der Waals surface area (Å²) in [5, 5.41) is 3.44. The molecule has 0 aliphatic carbocycles. The number of sulfone groups is 1. The molecule has 2 rings (SSSR count). The molecule has 1 N–H and O–H groups in total. The molecule has 1 atom stereocenters. The van der Waals surface area contributed by atoms with Crippen LogP contribution in [0.5, 0.6) is 0 Å². The summed E-state index contributed by atoms with van der Waals surface area (Å²) in [5.74, 6) is 0. The fourth-order valence-electron chi connectivity index (χ4n) is 2.08. The van der Waals surface area contributed by atoms with Crippen molar-refractivity contribution in [3.05, 3.63) is 29.8 Å². The van der Waals surface area contributed by atoms with Crippen LogP contribution in [0.15, 0.2) is 29.2 Å². The molecule has 4 heteroatoms. The molecule has 1 aromatic rings. The second-order valence-corrected chi connectivity index (χ2v) is 6.36. The second-order valence-electron chi connectivity index (χ2n) is 4.34. The Bertz CT molecular complexity index is 444. The molecule has 1 aliphatic heterocycles. The Balaban J connectivity index is 2.18. The molecule has 1 aliphatic rings. The van der Waals surface area contributed by atoms with Crippen LogP contribution in [0, 0.1) is 0 Å². The van der Waals surface area contributed by atoms with Crippen molar-refractivity contribution < 1.29 is 8.42 Å². The van der Waals surface area contributed by atoms with E-state index in [4.69, 9.17) is 0 Å². The summed E-state index contributed by atoms with van der Waals surface area (Å²) in [5.41, 5.74) is 1.19. The van der Waals surface area contributed by atoms with E-state index in [9.17, 15) is 8.42 Å². The highest BCUT2D eigenvalue weighted by molar-refractivity contribution is 7.90. The van der Waals surface area contributed by atoms with E-state index >= 15 is 0 Å². The van der Waals surface area contributed by atoms with Gasteiger partial charge in [-0.1, -0.05) is 18.6 Å². The third-order valence-electron chi connectivity index (χ3n) is 3.02. The molecule has 1 saturated heterocycles. The van der Waals surface area contributed by atoms with E-state index < -0.39 is 9.84 Å². The number of hydrogen-bond donors (Lipinski definition) is 1. The van der Waals surface area contributed by atoms with E-state index in [-0.39, 0.29) is 0 Å². The molecule has 16 heavy (non-hydrogen) atoms. The lowest BCUT2D eigenvalue weighted by molar-refractivity contribution is 0.412. The molecule has 0 bridgehead atoms. The van der Waals surface area contributed by atoms with E-state index in [1.54, 1.807) is 12.1 Å². The smallest absolute Gasteiger partial charge is 0.175 e. The highest BCUT2D eigenvalue weighted by Gasteiger charge is 2.15. The molecule has 0 saturated carbocycles. The van der Waals surface area contributed by atoms with Gasteiger partial charge in [-0.25, -0.2) is 8.42 Å². The standard InChI is InChI=1S/C12H17NO2S/c1-16(14,15)11-7-5-10(6-8-11)12-4-2-3-9-13-12/h5-8,12-13H,2-4,9H2,1H3/t12-/m0/s1. The normalized spacial score (nSPS) is 21.9. The maximum atomic E-state index is 11.3. The van der Waals surface area contributed by atoms with Crippen LogP contribution in [0.4, 0.5) is 0 Å². The van der Waals surface area contributed by atoms with Crippen molar-refractivity contribution in [2.75, 3.05) is 12.8 Å². The van der Waals surface area contributed by atoms with Crippen molar-refractivity contribution in [1.29, 1.82) is 0 Å². The Kier molecular flexibility index (Phi) is 3.30. The number of hydrogen-bond acceptors (Lipinski definition) is 3. The summed E-state index contributed by atoms with van der Waals surface area (Å²) >= 11 is 0. The SMILES string of the molecule is CS(=O)(=O)c1ccc([C@@H]2CCCCN2)cc1. The van der Waals surface area contributed by atoms with Gasteiger partial charge in [-0.05, 0) is 37.1 Å². The van der Waals surface area contributed by atoms with E-state index in [1.165, 1.54) is 24.7 Å². The number of piperidine rings is 1. The van der Waals surface area contributed by atoms with E-state index in [0.717, 1.165) is 13.0 Å². The van der Waals surface area contributed by atoms with E-state index in [0.29, 0.717) is 10.9 Å². The largest absolute Gasteiger partial charge is 0.310 e. The van der Waals surface area contributed by atoms with Gasteiger partial charge in [0.25, 0.3) is 0 Å². The average Bonchev–Trinajstić information content (AvgIpc) is 2.29. The lowest BCUT2D eigenvalue weighted by Gasteiger charge is -2.23. The maximum absolute atomic E-state index is 11.3. The van der Waals surface area contributed by atoms with Crippen LogP contribution in [0.25, 0.3) is 0 Å². The van der Waals surface area contributed by atoms with Crippen molar-refractivity contribution in [2.24, 2.45) is 0 Å². The Hall–Kier alpha value is -0.870. The predicted octanol–water partition coefficient (Wildman–Crippen LogP) is 1.90. The van der Waals surface area contributed by atoms with Crippen molar-refractivity contribution >= 4 is 9.84 Å². The van der Waals surface area contributed by atoms with Crippen LogP contribution in [0.1, 0.15) is 30.9 Å². The van der Waals surface area contributed by atoms with Crippen molar-refractivity contribution in [1.82, 2.24) is 5.32 Å². The zero-order chi connectivity index (χ0) is 11.6. The summed E-state index contributed by atoms with van der Waals surface area (Å²) in [7, 11) is -3.07. The van der Waals surface area contributed by atoms with Crippen LogP contribution in [0.3, 0.4) is 0 Å². The van der Waals surface area contributed by atoms with Gasteiger partial charge >= 0.3 is 0 Å². The highest BCUT2D eigenvalue weighted by Crippen LogP contribution is 2.23. The van der Waals surface area contributed by atoms with Crippen molar-refractivity contribution in [3.8, 4) is 0 Å². The van der Waals surface area contributed by atoms with Gasteiger partial charge in [-0.3, -0.25) is 0 Å². The third kappa shape index (κ3) is 2.62. The van der Waals surface area contributed by atoms with Gasteiger partial charge < -0.3 is 5.32 Å². The molecular formula is C12H17NO2S. The quantitative estimate of drug-likeness (QED) is 0.857. The van der Waals surface area contributed by atoms with E-state index in [1.807, 2.05) is 12.1 Å². The first-order valence-electron chi connectivity index (χ1n) is 5.61. The van der Waals surface area contributed by atoms with Crippen LogP contribution in [-0.4, -0.2) is 21.2 Å². The van der Waals surface area contributed by atoms with Crippen LogP contribution in [-0.2, 0) is 9.84 Å². The Morgan fingerprint density at radius 1 is 1.19 bits per heavy atom. The topological polar surface area (TPSA) is 46.2 Å². The molecular weight excluding hydrogens is 222 g/mol. The molecule has 0 amide bonds. The fourth-order valence-corrected chi connectivity index (χ4v) is 2.71. The second kappa shape index (κ2) is 4.55. The summed E-state index contributed by atoms with van der Waals surface area (Å²) in [6, 6.07) is 7.61. The number of benzene rings is 1. The first kappa shape index (κ1) is 11.6. The Labute approximate surface area is 96.8 Å². The fraction of sp³-hybridized carbons (Fsp3) is 0.500. The summed E-state index contributed by atoms with van der Waals surface area (Å²) in [6.07, 6.45) is 4.85. The van der Waals surface area contributed by atoms with Gasteiger partial charge in [0, 0.05) is 12.3 Å². The molecule has 0 unspecified atom stereocenters. The molecule has 0 radical (unpaired) electrons. The van der Waals surface area contributed by atoms with Crippen molar-refractivity contribution in [2.45, 2.75) is 30.2 Å². The van der Waals surface area contributed by atoms with E-state index in [2.05, 4.69) is 5.32 Å². The molecule has 0 aromatic heterocycles. The lowest BCUT2D eigenvalue weighted by atomic mass is 9.98. The maximum Gasteiger partial charge on any atom is 0.175 e. The van der Waals surface area contributed by atoms with Gasteiger partial charge in [0.2, 0.25) is 0 Å². The molecule has 88 valence electrons. The summed E-state index contributed by atoms with van der Waals surface area (Å²) in [4.78, 5) is 0.395. The molecule has 1 heterocycles. The van der Waals surface area contributed by atoms with Gasteiger partial charge in [-0.2, -0.15) is 0 Å². The molecule has 3 nitrogen and oxygen atoms in total. The third-order valence-corrected chi connectivity index (χ3v) is 4.15. The minimum Gasteiger partial charge on any atom is -0.310 e. The monoisotopic (exact) mass is 239 g/mol. The summed E-state index contributed by atoms with van der Waals surface area (Å²) < 4.78 is 22.6. The van der Waals surface area contributed by atoms with Crippen LogP contribution >= 0.6 is 0 Å². The summed E-state index contributed by atoms with van der Waals surface area (Å²) in [6.45, 7) is 1.05. The zero-order valence-electron chi connectivity index (χ0n) is 9.44. The zero-order valence-corrected chi connectivity index (χ0v) is 10.3. The number of rotatable bonds is 2. The van der Waals surface area contributed by atoms with Crippen LogP contribution < -0.4 is 5.32 Å². The first-order chi connectivity index (χ1) is 7.57. The highest BCUT2D eigenvalue weighted by atomic mass is 32.2. The minimum absolute atomic E-state index is 0.391. The van der Waals surface area contributed by atoms with Crippen LogP contribution in [0.2, 0.25) is 0 Å².